The van der Waals surface area contributed by atoms with Gasteiger partial charge in [0.1, 0.15) is 6.04 Å². The molecule has 0 unspecified atom stereocenters. The standard InChI is InChI=1S/C31H35Cl2F2N3O4S/c1-31(2,3)36-30(40)28(17-21-9-6-5-7-10-21)37(20-22-12-13-23(32)18-25(22)33)29(39)11-8-16-38(43(4,41)42)24-14-15-26(34)27(35)19-24/h5-7,9-10,12-15,18-19,28H,8,11,16-17,20H2,1-4H3,(H,36,40)/t28-/m0/s1. The molecule has 0 heterocycles. The fraction of sp³-hybridized carbons (Fsp3) is 0.355. The van der Waals surface area contributed by atoms with Gasteiger partial charge in [-0.1, -0.05) is 59.6 Å². The summed E-state index contributed by atoms with van der Waals surface area (Å²) >= 11 is 12.5. The molecule has 0 radical (unpaired) electrons. The summed E-state index contributed by atoms with van der Waals surface area (Å²) in [6.45, 7) is 5.33. The number of benzene rings is 3. The van der Waals surface area contributed by atoms with Gasteiger partial charge in [-0.05, 0) is 62.6 Å². The highest BCUT2D eigenvalue weighted by molar-refractivity contribution is 7.92. The van der Waals surface area contributed by atoms with Crippen molar-refractivity contribution in [2.24, 2.45) is 0 Å². The van der Waals surface area contributed by atoms with Gasteiger partial charge in [0.25, 0.3) is 0 Å². The Morgan fingerprint density at radius 3 is 2.21 bits per heavy atom. The molecule has 0 bridgehead atoms. The third-order valence-corrected chi connectivity index (χ3v) is 8.25. The first-order chi connectivity index (χ1) is 20.0. The van der Waals surface area contributed by atoms with Crippen molar-refractivity contribution in [1.82, 2.24) is 10.2 Å². The predicted molar refractivity (Wildman–Crippen MR) is 167 cm³/mol. The molecule has 1 atom stereocenters. The molecule has 0 saturated heterocycles. The number of nitrogens with one attached hydrogen (secondary N) is 1. The molecule has 3 aromatic carbocycles. The molecule has 0 aliphatic rings. The lowest BCUT2D eigenvalue weighted by molar-refractivity contribution is -0.142. The van der Waals surface area contributed by atoms with E-state index in [9.17, 15) is 26.8 Å². The van der Waals surface area contributed by atoms with Crippen LogP contribution in [0.25, 0.3) is 0 Å². The van der Waals surface area contributed by atoms with Gasteiger partial charge in [0.2, 0.25) is 21.8 Å². The van der Waals surface area contributed by atoms with E-state index in [0.29, 0.717) is 15.6 Å². The second kappa shape index (κ2) is 14.5. The van der Waals surface area contributed by atoms with Crippen LogP contribution in [0.15, 0.2) is 66.7 Å². The molecule has 232 valence electrons. The molecule has 2 amide bonds. The van der Waals surface area contributed by atoms with Gasteiger partial charge in [0.05, 0.1) is 11.9 Å². The van der Waals surface area contributed by atoms with Crippen LogP contribution in [-0.4, -0.2) is 49.5 Å². The number of carbonyl (C=O) groups excluding carboxylic acids is 2. The number of anilines is 1. The summed E-state index contributed by atoms with van der Waals surface area (Å²) < 4.78 is 53.3. The van der Waals surface area contributed by atoms with Crippen LogP contribution in [-0.2, 0) is 32.6 Å². The lowest BCUT2D eigenvalue weighted by Gasteiger charge is -2.34. The molecule has 3 aromatic rings. The predicted octanol–water partition coefficient (Wildman–Crippen LogP) is 6.37. The number of nitrogens with zero attached hydrogens (tertiary/aromatic N) is 2. The Labute approximate surface area is 261 Å². The van der Waals surface area contributed by atoms with Crippen molar-refractivity contribution >= 4 is 50.7 Å². The Hall–Kier alpha value is -3.21. The van der Waals surface area contributed by atoms with Crippen LogP contribution in [0.5, 0.6) is 0 Å². The molecular formula is C31H35Cl2F2N3O4S. The maximum Gasteiger partial charge on any atom is 0.243 e. The van der Waals surface area contributed by atoms with Crippen LogP contribution < -0.4 is 9.62 Å². The second-order valence-electron chi connectivity index (χ2n) is 11.2. The highest BCUT2D eigenvalue weighted by atomic mass is 35.5. The fourth-order valence-corrected chi connectivity index (χ4v) is 5.91. The summed E-state index contributed by atoms with van der Waals surface area (Å²) in [7, 11) is -3.89. The monoisotopic (exact) mass is 653 g/mol. The van der Waals surface area contributed by atoms with Crippen LogP contribution in [0.1, 0.15) is 44.7 Å². The van der Waals surface area contributed by atoms with E-state index in [1.807, 2.05) is 51.1 Å². The molecule has 0 aliphatic heterocycles. The van der Waals surface area contributed by atoms with Crippen molar-refractivity contribution in [2.75, 3.05) is 17.1 Å². The molecule has 12 heteroatoms. The maximum absolute atomic E-state index is 13.9. The molecule has 1 N–H and O–H groups in total. The van der Waals surface area contributed by atoms with Crippen molar-refractivity contribution in [1.29, 1.82) is 0 Å². The van der Waals surface area contributed by atoms with E-state index in [1.54, 1.807) is 18.2 Å². The van der Waals surface area contributed by atoms with E-state index in [0.717, 1.165) is 34.3 Å². The van der Waals surface area contributed by atoms with Gasteiger partial charge in [0, 0.05) is 47.6 Å². The Kier molecular flexibility index (Phi) is 11.6. The Balaban J connectivity index is 1.94. The number of carbonyl (C=O) groups is 2. The number of rotatable bonds is 12. The number of hydrogen-bond donors (Lipinski definition) is 1. The van der Waals surface area contributed by atoms with Crippen molar-refractivity contribution in [3.05, 3.63) is 99.5 Å². The molecule has 0 aliphatic carbocycles. The zero-order chi connectivity index (χ0) is 31.9. The van der Waals surface area contributed by atoms with Crippen molar-refractivity contribution in [3.63, 3.8) is 0 Å². The molecule has 7 nitrogen and oxygen atoms in total. The van der Waals surface area contributed by atoms with Gasteiger partial charge in [-0.25, -0.2) is 17.2 Å². The number of amides is 2. The number of halogens is 4. The van der Waals surface area contributed by atoms with Gasteiger partial charge < -0.3 is 10.2 Å². The molecule has 43 heavy (non-hydrogen) atoms. The fourth-order valence-electron chi connectivity index (χ4n) is 4.48. The Morgan fingerprint density at radius 2 is 1.63 bits per heavy atom. The minimum atomic E-state index is -3.89. The molecule has 0 saturated carbocycles. The Morgan fingerprint density at radius 1 is 0.953 bits per heavy atom. The third kappa shape index (κ3) is 10.2. The van der Waals surface area contributed by atoms with E-state index in [1.165, 1.54) is 4.90 Å². The van der Waals surface area contributed by atoms with Crippen LogP contribution >= 0.6 is 23.2 Å². The third-order valence-electron chi connectivity index (χ3n) is 6.47. The normalized spacial score (nSPS) is 12.5. The van der Waals surface area contributed by atoms with Crippen LogP contribution in [0.4, 0.5) is 14.5 Å². The number of sulfonamides is 1. The summed E-state index contributed by atoms with van der Waals surface area (Å²) in [6, 6.07) is 16.0. The lowest BCUT2D eigenvalue weighted by atomic mass is 10.00. The van der Waals surface area contributed by atoms with E-state index < -0.39 is 39.1 Å². The van der Waals surface area contributed by atoms with Gasteiger partial charge in [-0.15, -0.1) is 0 Å². The SMILES string of the molecule is CC(C)(C)NC(=O)[C@H](Cc1ccccc1)N(Cc1ccc(Cl)cc1Cl)C(=O)CCCN(c1ccc(F)c(F)c1)S(C)(=O)=O. The van der Waals surface area contributed by atoms with Gasteiger partial charge >= 0.3 is 0 Å². The lowest BCUT2D eigenvalue weighted by Crippen LogP contribution is -2.54. The Bertz CT molecular complexity index is 1550. The first kappa shape index (κ1) is 34.3. The first-order valence-electron chi connectivity index (χ1n) is 13.6. The minimum absolute atomic E-state index is 0.0110. The maximum atomic E-state index is 13.9. The van der Waals surface area contributed by atoms with Crippen molar-refractivity contribution < 1.29 is 26.8 Å². The summed E-state index contributed by atoms with van der Waals surface area (Å²) in [5.41, 5.74) is 0.753. The average molecular weight is 655 g/mol. The summed E-state index contributed by atoms with van der Waals surface area (Å²) in [4.78, 5) is 29.0. The van der Waals surface area contributed by atoms with Gasteiger partial charge in [-0.3, -0.25) is 13.9 Å². The highest BCUT2D eigenvalue weighted by Crippen LogP contribution is 2.26. The summed E-state index contributed by atoms with van der Waals surface area (Å²) in [6.07, 6.45) is 1.05. The van der Waals surface area contributed by atoms with Crippen molar-refractivity contribution in [3.8, 4) is 0 Å². The van der Waals surface area contributed by atoms with E-state index >= 15 is 0 Å². The zero-order valence-electron chi connectivity index (χ0n) is 24.4. The van der Waals surface area contributed by atoms with E-state index in [-0.39, 0.29) is 43.9 Å². The van der Waals surface area contributed by atoms with Crippen LogP contribution in [0.3, 0.4) is 0 Å². The van der Waals surface area contributed by atoms with Gasteiger partial charge in [-0.2, -0.15) is 0 Å². The smallest absolute Gasteiger partial charge is 0.243 e. The summed E-state index contributed by atoms with van der Waals surface area (Å²) in [5, 5.41) is 3.70. The van der Waals surface area contributed by atoms with E-state index in [4.69, 9.17) is 23.2 Å². The highest BCUT2D eigenvalue weighted by Gasteiger charge is 2.32. The first-order valence-corrected chi connectivity index (χ1v) is 16.2. The van der Waals surface area contributed by atoms with Crippen molar-refractivity contribution in [2.45, 2.75) is 58.2 Å². The molecule has 0 spiro atoms. The van der Waals surface area contributed by atoms with Gasteiger partial charge in [0.15, 0.2) is 11.6 Å². The quantitative estimate of drug-likeness (QED) is 0.246. The minimum Gasteiger partial charge on any atom is -0.350 e. The average Bonchev–Trinajstić information content (AvgIpc) is 2.90. The summed E-state index contributed by atoms with van der Waals surface area (Å²) in [5.74, 6) is -3.09. The van der Waals surface area contributed by atoms with E-state index in [2.05, 4.69) is 5.32 Å². The molecule has 3 rings (SSSR count). The topological polar surface area (TPSA) is 86.8 Å². The van der Waals surface area contributed by atoms with Crippen LogP contribution in [0, 0.1) is 11.6 Å². The largest absolute Gasteiger partial charge is 0.350 e. The molecule has 0 aromatic heterocycles. The molecular weight excluding hydrogens is 619 g/mol. The second-order valence-corrected chi connectivity index (χ2v) is 14.0. The van der Waals surface area contributed by atoms with Crippen LogP contribution in [0.2, 0.25) is 10.0 Å². The number of hydrogen-bond acceptors (Lipinski definition) is 4. The zero-order valence-corrected chi connectivity index (χ0v) is 26.7. The molecule has 0 fully saturated rings.